The van der Waals surface area contributed by atoms with Gasteiger partial charge in [0.2, 0.25) is 0 Å². The van der Waals surface area contributed by atoms with Crippen LogP contribution in [0.2, 0.25) is 5.02 Å². The highest BCUT2D eigenvalue weighted by Crippen LogP contribution is 2.35. The fourth-order valence-electron chi connectivity index (χ4n) is 3.03. The second kappa shape index (κ2) is 8.60. The molecule has 4 rings (SSSR count). The number of thiazole rings is 1. The first-order valence-electron chi connectivity index (χ1n) is 9.27. The third-order valence-electron chi connectivity index (χ3n) is 4.71. The molecule has 8 heteroatoms. The third-order valence-corrected chi connectivity index (χ3v) is 7.96. The average Bonchev–Trinajstić information content (AvgIpc) is 3.40. The predicted octanol–water partition coefficient (Wildman–Crippen LogP) is 7.27. The molecule has 0 bridgehead atoms. The molecule has 0 atom stereocenters. The molecule has 0 aliphatic carbocycles. The minimum Gasteiger partial charge on any atom is -0.299 e. The maximum atomic E-state index is 6.31. The first kappa shape index (κ1) is 20.6. The molecule has 0 saturated carbocycles. The van der Waals surface area contributed by atoms with Gasteiger partial charge in [0.05, 0.1) is 10.7 Å². The summed E-state index contributed by atoms with van der Waals surface area (Å²) in [7, 11) is 0. The van der Waals surface area contributed by atoms with E-state index in [0.717, 1.165) is 38.0 Å². The summed E-state index contributed by atoms with van der Waals surface area (Å²) in [5.41, 5.74) is 4.46. The summed E-state index contributed by atoms with van der Waals surface area (Å²) >= 11 is 11.4. The summed E-state index contributed by atoms with van der Waals surface area (Å²) < 4.78 is 2.22. The summed E-state index contributed by atoms with van der Waals surface area (Å²) in [6.07, 6.45) is 0. The molecule has 0 saturated heterocycles. The van der Waals surface area contributed by atoms with E-state index < -0.39 is 0 Å². The van der Waals surface area contributed by atoms with Gasteiger partial charge in [-0.15, -0.1) is 32.9 Å². The molecule has 0 N–H and O–H groups in total. The van der Waals surface area contributed by atoms with Crippen LogP contribution in [0.4, 0.5) is 0 Å². The fourth-order valence-corrected chi connectivity index (χ4v) is 6.10. The van der Waals surface area contributed by atoms with Crippen LogP contribution in [0.25, 0.3) is 22.0 Å². The molecule has 150 valence electrons. The van der Waals surface area contributed by atoms with E-state index in [1.807, 2.05) is 24.3 Å². The van der Waals surface area contributed by atoms with Gasteiger partial charge in [-0.2, -0.15) is 0 Å². The highest BCUT2D eigenvalue weighted by Gasteiger charge is 2.20. The quantitative estimate of drug-likeness (QED) is 0.283. The largest absolute Gasteiger partial charge is 0.299 e. The normalized spacial score (nSPS) is 11.5. The van der Waals surface area contributed by atoms with E-state index in [1.165, 1.54) is 16.0 Å². The smallest absolute Gasteiger partial charge is 0.192 e. The van der Waals surface area contributed by atoms with Crippen molar-refractivity contribution in [1.82, 2.24) is 19.7 Å². The SMILES string of the molecule is Cc1scc(-c2nnc(SCc3csc(-c4ccccc4Cl)n3)n2C(C)C)c1C. The van der Waals surface area contributed by atoms with Gasteiger partial charge >= 0.3 is 0 Å². The Morgan fingerprint density at radius 3 is 2.55 bits per heavy atom. The number of benzene rings is 1. The molecule has 1 aromatic carbocycles. The first-order chi connectivity index (χ1) is 14.0. The molecule has 4 aromatic rings. The molecule has 3 heterocycles. The van der Waals surface area contributed by atoms with Crippen LogP contribution in [0.1, 0.15) is 36.0 Å². The molecule has 0 aliphatic rings. The van der Waals surface area contributed by atoms with Crippen LogP contribution in [0, 0.1) is 13.8 Å². The van der Waals surface area contributed by atoms with Crippen molar-refractivity contribution in [2.75, 3.05) is 0 Å². The van der Waals surface area contributed by atoms with Gasteiger partial charge in [0.1, 0.15) is 5.01 Å². The van der Waals surface area contributed by atoms with Crippen molar-refractivity contribution < 1.29 is 0 Å². The average molecular weight is 461 g/mol. The molecule has 4 nitrogen and oxygen atoms in total. The van der Waals surface area contributed by atoms with Crippen molar-refractivity contribution in [1.29, 1.82) is 0 Å². The molecule has 0 unspecified atom stereocenters. The zero-order valence-corrected chi connectivity index (χ0v) is 19.8. The Balaban J connectivity index is 1.57. The van der Waals surface area contributed by atoms with E-state index in [9.17, 15) is 0 Å². The molecule has 0 fully saturated rings. The van der Waals surface area contributed by atoms with Crippen molar-refractivity contribution in [2.45, 2.75) is 44.6 Å². The van der Waals surface area contributed by atoms with E-state index in [-0.39, 0.29) is 6.04 Å². The van der Waals surface area contributed by atoms with Crippen molar-refractivity contribution in [3.8, 4) is 22.0 Å². The number of halogens is 1. The van der Waals surface area contributed by atoms with Crippen LogP contribution >= 0.6 is 46.0 Å². The van der Waals surface area contributed by atoms with Crippen LogP contribution in [-0.4, -0.2) is 19.7 Å². The van der Waals surface area contributed by atoms with E-state index in [1.54, 1.807) is 34.4 Å². The monoisotopic (exact) mass is 460 g/mol. The minimum absolute atomic E-state index is 0.274. The zero-order valence-electron chi connectivity index (χ0n) is 16.6. The number of hydrogen-bond donors (Lipinski definition) is 0. The van der Waals surface area contributed by atoms with Crippen molar-refractivity contribution in [3.05, 3.63) is 56.2 Å². The standard InChI is InChI=1S/C21H21ClN4S3/c1-12(2)26-19(17-11-27-14(4)13(17)3)24-25-21(26)29-10-15-9-28-20(23-15)16-7-5-6-8-18(16)22/h5-9,11-12H,10H2,1-4H3. The zero-order chi connectivity index (χ0) is 20.5. The molecular weight excluding hydrogens is 440 g/mol. The number of thioether (sulfide) groups is 1. The van der Waals surface area contributed by atoms with E-state index >= 15 is 0 Å². The Kier molecular flexibility index (Phi) is 6.11. The summed E-state index contributed by atoms with van der Waals surface area (Å²) in [6, 6.07) is 8.09. The van der Waals surface area contributed by atoms with Gasteiger partial charge in [-0.1, -0.05) is 41.6 Å². The minimum atomic E-state index is 0.274. The Hall–Kier alpha value is -1.67. The summed E-state index contributed by atoms with van der Waals surface area (Å²) in [4.78, 5) is 6.09. The predicted molar refractivity (Wildman–Crippen MR) is 125 cm³/mol. The summed E-state index contributed by atoms with van der Waals surface area (Å²) in [5.74, 6) is 1.69. The van der Waals surface area contributed by atoms with E-state index in [0.29, 0.717) is 0 Å². The lowest BCUT2D eigenvalue weighted by Gasteiger charge is -2.13. The number of aryl methyl sites for hydroxylation is 1. The Morgan fingerprint density at radius 2 is 1.86 bits per heavy atom. The summed E-state index contributed by atoms with van der Waals surface area (Å²) in [5, 5.41) is 15.9. The van der Waals surface area contributed by atoms with Crippen molar-refractivity contribution >= 4 is 46.0 Å². The number of rotatable bonds is 6. The van der Waals surface area contributed by atoms with Gasteiger partial charge in [0.15, 0.2) is 11.0 Å². The topological polar surface area (TPSA) is 43.6 Å². The second-order valence-corrected chi connectivity index (χ2v) is 10.3. The summed E-state index contributed by atoms with van der Waals surface area (Å²) in [6.45, 7) is 8.64. The molecule has 0 radical (unpaired) electrons. The number of hydrogen-bond acceptors (Lipinski definition) is 6. The van der Waals surface area contributed by atoms with Crippen LogP contribution in [0.3, 0.4) is 0 Å². The lowest BCUT2D eigenvalue weighted by molar-refractivity contribution is 0.555. The first-order valence-corrected chi connectivity index (χ1v) is 12.4. The highest BCUT2D eigenvalue weighted by atomic mass is 35.5. The number of nitrogens with zero attached hydrogens (tertiary/aromatic N) is 4. The van der Waals surface area contributed by atoms with Crippen molar-refractivity contribution in [2.24, 2.45) is 0 Å². The molecule has 0 aliphatic heterocycles. The molecular formula is C21H21ClN4S3. The maximum Gasteiger partial charge on any atom is 0.192 e. The van der Waals surface area contributed by atoms with Crippen LogP contribution in [0.15, 0.2) is 40.2 Å². The highest BCUT2D eigenvalue weighted by molar-refractivity contribution is 7.98. The van der Waals surface area contributed by atoms with Crippen LogP contribution in [0.5, 0.6) is 0 Å². The lowest BCUT2D eigenvalue weighted by atomic mass is 10.1. The van der Waals surface area contributed by atoms with Crippen molar-refractivity contribution in [3.63, 3.8) is 0 Å². The Bertz CT molecular complexity index is 1140. The van der Waals surface area contributed by atoms with Gasteiger partial charge in [-0.3, -0.25) is 4.57 Å². The van der Waals surface area contributed by atoms with Gasteiger partial charge in [-0.05, 0) is 39.3 Å². The van der Waals surface area contributed by atoms with Gasteiger partial charge < -0.3 is 0 Å². The Labute approximate surface area is 188 Å². The van der Waals surface area contributed by atoms with E-state index in [4.69, 9.17) is 16.6 Å². The number of thiophene rings is 1. The Morgan fingerprint density at radius 1 is 1.07 bits per heavy atom. The van der Waals surface area contributed by atoms with E-state index in [2.05, 4.69) is 53.2 Å². The molecule has 0 spiro atoms. The lowest BCUT2D eigenvalue weighted by Crippen LogP contribution is -2.05. The van der Waals surface area contributed by atoms with Crippen LogP contribution in [-0.2, 0) is 5.75 Å². The maximum absolute atomic E-state index is 6.31. The van der Waals surface area contributed by atoms with Gasteiger partial charge in [0, 0.05) is 38.6 Å². The fraction of sp³-hybridized carbons (Fsp3) is 0.286. The van der Waals surface area contributed by atoms with Crippen LogP contribution < -0.4 is 0 Å². The molecule has 3 aromatic heterocycles. The second-order valence-electron chi connectivity index (χ2n) is 7.01. The third kappa shape index (κ3) is 4.14. The number of aromatic nitrogens is 4. The van der Waals surface area contributed by atoms with Gasteiger partial charge in [0.25, 0.3) is 0 Å². The van der Waals surface area contributed by atoms with Gasteiger partial charge in [-0.25, -0.2) is 4.98 Å². The molecule has 29 heavy (non-hydrogen) atoms. The molecule has 0 amide bonds.